The number of aromatic nitrogens is 2. The molecule has 0 radical (unpaired) electrons. The topological polar surface area (TPSA) is 75.9 Å². The van der Waals surface area contributed by atoms with Gasteiger partial charge in [0, 0.05) is 12.0 Å². The first-order valence-corrected chi connectivity index (χ1v) is 5.68. The third-order valence-corrected chi connectivity index (χ3v) is 2.66. The van der Waals surface area contributed by atoms with Gasteiger partial charge in [-0.2, -0.15) is 8.78 Å². The summed E-state index contributed by atoms with van der Waals surface area (Å²) in [6.07, 6.45) is -1.89. The van der Waals surface area contributed by atoms with Gasteiger partial charge in [-0.1, -0.05) is 0 Å². The monoisotopic (exact) mass is 279 g/mol. The Hall–Kier alpha value is -1.64. The van der Waals surface area contributed by atoms with E-state index in [-0.39, 0.29) is 17.6 Å². The Bertz CT molecular complexity index is 450. The lowest BCUT2D eigenvalue weighted by molar-refractivity contribution is -0.117. The van der Waals surface area contributed by atoms with Crippen LogP contribution in [0, 0.1) is 0 Å². The fourth-order valence-corrected chi connectivity index (χ4v) is 1.44. The second kappa shape index (κ2) is 5.16. The first-order chi connectivity index (χ1) is 8.92. The number of nitrogen functional groups attached to an aromatic ring is 1. The molecule has 2 rings (SSSR count). The smallest absolute Gasteiger partial charge is 0.324 e. The highest BCUT2D eigenvalue weighted by Crippen LogP contribution is 2.38. The molecule has 1 aliphatic carbocycles. The Balaban J connectivity index is 2.09. The van der Waals surface area contributed by atoms with Crippen molar-refractivity contribution in [1.82, 2.24) is 9.97 Å². The first-order valence-electron chi connectivity index (χ1n) is 5.68. The number of hydrazine groups is 1. The van der Waals surface area contributed by atoms with Crippen molar-refractivity contribution in [3.63, 3.8) is 0 Å². The maximum atomic E-state index is 12.8. The number of hydrogen-bond donors (Lipinski definition) is 3. The minimum atomic E-state index is -4.11. The largest absolute Gasteiger partial charge is 0.364 e. The van der Waals surface area contributed by atoms with Crippen LogP contribution in [0.15, 0.2) is 6.07 Å². The molecule has 5 nitrogen and oxygen atoms in total. The van der Waals surface area contributed by atoms with Crippen LogP contribution >= 0.6 is 0 Å². The van der Waals surface area contributed by atoms with Gasteiger partial charge in [0.05, 0.1) is 6.54 Å². The molecule has 1 aliphatic rings. The minimum Gasteiger partial charge on any atom is -0.364 e. The van der Waals surface area contributed by atoms with Crippen LogP contribution in [0.25, 0.3) is 0 Å². The van der Waals surface area contributed by atoms with Gasteiger partial charge in [0.15, 0.2) is 0 Å². The summed E-state index contributed by atoms with van der Waals surface area (Å²) < 4.78 is 49.6. The average Bonchev–Trinajstić information content (AvgIpc) is 3.20. The van der Waals surface area contributed by atoms with Gasteiger partial charge in [-0.05, 0) is 12.8 Å². The van der Waals surface area contributed by atoms with E-state index in [0.717, 1.165) is 12.8 Å². The van der Waals surface area contributed by atoms with Crippen LogP contribution < -0.4 is 16.6 Å². The molecular weight excluding hydrogens is 266 g/mol. The second-order valence-corrected chi connectivity index (χ2v) is 4.33. The highest BCUT2D eigenvalue weighted by Gasteiger charge is 2.40. The Labute approximate surface area is 106 Å². The zero-order chi connectivity index (χ0) is 14.0. The molecule has 0 saturated heterocycles. The van der Waals surface area contributed by atoms with Gasteiger partial charge in [0.1, 0.15) is 17.5 Å². The van der Waals surface area contributed by atoms with Crippen molar-refractivity contribution in [2.24, 2.45) is 5.84 Å². The van der Waals surface area contributed by atoms with Gasteiger partial charge in [-0.25, -0.2) is 24.6 Å². The van der Waals surface area contributed by atoms with Gasteiger partial charge in [-0.3, -0.25) is 0 Å². The van der Waals surface area contributed by atoms with E-state index in [1.165, 1.54) is 6.07 Å². The molecule has 106 valence electrons. The number of anilines is 2. The van der Waals surface area contributed by atoms with Crippen molar-refractivity contribution < 1.29 is 17.6 Å². The van der Waals surface area contributed by atoms with E-state index in [9.17, 15) is 17.6 Å². The number of nitrogens with two attached hydrogens (primary N) is 1. The molecule has 4 N–H and O–H groups in total. The maximum Gasteiger partial charge on any atom is 0.324 e. The summed E-state index contributed by atoms with van der Waals surface area (Å²) in [5.41, 5.74) is 2.28. The van der Waals surface area contributed by atoms with Crippen LogP contribution in [-0.4, -0.2) is 28.9 Å². The summed E-state index contributed by atoms with van der Waals surface area (Å²) in [7, 11) is 0. The Morgan fingerprint density at radius 2 is 1.95 bits per heavy atom. The molecule has 0 atom stereocenters. The molecular formula is C10H13F4N5. The predicted molar refractivity (Wildman–Crippen MR) is 61.3 cm³/mol. The van der Waals surface area contributed by atoms with Crippen molar-refractivity contribution in [2.45, 2.75) is 31.1 Å². The number of hydrogen-bond acceptors (Lipinski definition) is 5. The fraction of sp³-hybridized carbons (Fsp3) is 0.600. The number of alkyl halides is 4. The Morgan fingerprint density at radius 3 is 2.47 bits per heavy atom. The second-order valence-electron chi connectivity index (χ2n) is 4.33. The number of nitrogens with one attached hydrogen (secondary N) is 2. The normalized spacial score (nSPS) is 15.7. The van der Waals surface area contributed by atoms with Crippen LogP contribution in [0.5, 0.6) is 0 Å². The van der Waals surface area contributed by atoms with Crippen molar-refractivity contribution in [1.29, 1.82) is 0 Å². The molecule has 1 aromatic rings. The summed E-state index contributed by atoms with van der Waals surface area (Å²) in [6.45, 7) is -1.20. The van der Waals surface area contributed by atoms with E-state index < -0.39 is 18.9 Å². The third-order valence-electron chi connectivity index (χ3n) is 2.66. The van der Waals surface area contributed by atoms with E-state index in [1.807, 2.05) is 0 Å². The molecule has 1 saturated carbocycles. The van der Waals surface area contributed by atoms with Crippen LogP contribution in [0.3, 0.4) is 0 Å². The summed E-state index contributed by atoms with van der Waals surface area (Å²) in [6, 6.07) is 1.29. The van der Waals surface area contributed by atoms with E-state index in [0.29, 0.717) is 5.82 Å². The number of nitrogens with zero attached hydrogens (tertiary/aromatic N) is 2. The SMILES string of the molecule is NNc1cc(NCC(F)(F)C(F)F)nc(C2CC2)n1. The van der Waals surface area contributed by atoms with E-state index in [1.54, 1.807) is 0 Å². The maximum absolute atomic E-state index is 12.8. The molecule has 1 heterocycles. The van der Waals surface area contributed by atoms with Crippen LogP contribution in [0.2, 0.25) is 0 Å². The predicted octanol–water partition coefficient (Wildman–Crippen LogP) is 1.95. The highest BCUT2D eigenvalue weighted by molar-refractivity contribution is 5.47. The van der Waals surface area contributed by atoms with Crippen molar-refractivity contribution in [2.75, 3.05) is 17.3 Å². The molecule has 0 spiro atoms. The Kier molecular flexibility index (Phi) is 3.74. The molecule has 0 amide bonds. The van der Waals surface area contributed by atoms with Gasteiger partial charge >= 0.3 is 12.3 Å². The molecule has 0 aromatic carbocycles. The molecule has 1 fully saturated rings. The summed E-state index contributed by atoms with van der Waals surface area (Å²) in [5, 5.41) is 2.19. The van der Waals surface area contributed by atoms with E-state index in [4.69, 9.17) is 5.84 Å². The van der Waals surface area contributed by atoms with Crippen molar-refractivity contribution in [3.8, 4) is 0 Å². The number of halogens is 4. The van der Waals surface area contributed by atoms with Crippen molar-refractivity contribution in [3.05, 3.63) is 11.9 Å². The highest BCUT2D eigenvalue weighted by atomic mass is 19.3. The van der Waals surface area contributed by atoms with E-state index >= 15 is 0 Å². The van der Waals surface area contributed by atoms with Gasteiger partial charge in [0.2, 0.25) is 0 Å². The van der Waals surface area contributed by atoms with Gasteiger partial charge < -0.3 is 10.7 Å². The zero-order valence-electron chi connectivity index (χ0n) is 9.84. The molecule has 9 heteroatoms. The lowest BCUT2D eigenvalue weighted by atomic mass is 10.3. The Morgan fingerprint density at radius 1 is 1.32 bits per heavy atom. The van der Waals surface area contributed by atoms with Crippen LogP contribution in [-0.2, 0) is 0 Å². The molecule has 1 aromatic heterocycles. The quantitative estimate of drug-likeness (QED) is 0.421. The summed E-state index contributed by atoms with van der Waals surface area (Å²) in [5.74, 6) is 2.04. The summed E-state index contributed by atoms with van der Waals surface area (Å²) in [4.78, 5) is 8.08. The molecule has 19 heavy (non-hydrogen) atoms. The lowest BCUT2D eigenvalue weighted by Crippen LogP contribution is -2.35. The third kappa shape index (κ3) is 3.43. The lowest BCUT2D eigenvalue weighted by Gasteiger charge is -2.16. The molecule has 0 unspecified atom stereocenters. The van der Waals surface area contributed by atoms with E-state index in [2.05, 4.69) is 20.7 Å². The number of rotatable bonds is 6. The summed E-state index contributed by atoms with van der Waals surface area (Å²) >= 11 is 0. The fourth-order valence-electron chi connectivity index (χ4n) is 1.44. The van der Waals surface area contributed by atoms with Crippen LogP contribution in [0.1, 0.15) is 24.6 Å². The minimum absolute atomic E-state index is 0.0465. The van der Waals surface area contributed by atoms with Gasteiger partial charge in [-0.15, -0.1) is 0 Å². The zero-order valence-corrected chi connectivity index (χ0v) is 9.84. The van der Waals surface area contributed by atoms with Crippen molar-refractivity contribution >= 4 is 11.6 Å². The first kappa shape index (κ1) is 13.8. The molecule has 0 aliphatic heterocycles. The van der Waals surface area contributed by atoms with Gasteiger partial charge in [0.25, 0.3) is 0 Å². The average molecular weight is 279 g/mol. The standard InChI is InChI=1S/C10H13F4N5/c11-9(12)10(13,14)4-16-6-3-7(19-15)18-8(17-6)5-1-2-5/h3,5,9H,1-2,4,15H2,(H2,16,17,18,19). The van der Waals surface area contributed by atoms with Crippen LogP contribution in [0.4, 0.5) is 29.2 Å². The molecule has 0 bridgehead atoms.